The molecule has 0 saturated carbocycles. The molecule has 0 amide bonds. The predicted octanol–water partition coefficient (Wildman–Crippen LogP) is 4.67. The first-order valence-electron chi connectivity index (χ1n) is 4.29. The van der Waals surface area contributed by atoms with Gasteiger partial charge in [0.05, 0.1) is 0 Å². The highest BCUT2D eigenvalue weighted by Crippen LogP contribution is 2.55. The molecule has 0 bridgehead atoms. The maximum atomic E-state index is 12.6. The zero-order valence-electron chi connectivity index (χ0n) is 8.73. The number of rotatable bonds is 3. The molecule has 0 aromatic carbocycles. The van der Waals surface area contributed by atoms with Crippen LogP contribution in [-0.4, -0.2) is 12.4 Å². The minimum absolute atomic E-state index is 0.0719. The summed E-state index contributed by atoms with van der Waals surface area (Å²) in [6, 6.07) is 0. The summed E-state index contributed by atoms with van der Waals surface area (Å²) in [5.74, 6) is 0. The van der Waals surface area contributed by atoms with Gasteiger partial charge in [-0.25, -0.2) is 0 Å². The Kier molecular flexibility index (Phi) is 4.94. The van der Waals surface area contributed by atoms with Crippen LogP contribution in [0.25, 0.3) is 0 Å². The topological polar surface area (TPSA) is 0 Å². The van der Waals surface area contributed by atoms with E-state index in [1.807, 2.05) is 0 Å². The van der Waals surface area contributed by atoms with E-state index < -0.39 is 23.3 Å². The Labute approximate surface area is 100 Å². The van der Waals surface area contributed by atoms with Crippen LogP contribution in [0.1, 0.15) is 6.92 Å². The zero-order valence-corrected chi connectivity index (χ0v) is 9.63. The lowest BCUT2D eigenvalue weighted by atomic mass is 9.81. The van der Waals surface area contributed by atoms with Crippen molar-refractivity contribution in [2.45, 2.75) is 19.3 Å². The lowest BCUT2D eigenvalue weighted by molar-refractivity contribution is -0.317. The third kappa shape index (κ3) is 3.08. The maximum Gasteiger partial charge on any atom is 0.406 e. The van der Waals surface area contributed by atoms with E-state index in [2.05, 4.69) is 19.2 Å². The van der Waals surface area contributed by atoms with E-state index in [1.54, 1.807) is 0 Å². The summed E-state index contributed by atoms with van der Waals surface area (Å²) in [7, 11) is 0. The van der Waals surface area contributed by atoms with E-state index in [9.17, 15) is 26.3 Å². The first-order chi connectivity index (χ1) is 7.52. The van der Waals surface area contributed by atoms with Crippen molar-refractivity contribution in [1.82, 2.24) is 0 Å². The fraction of sp³-hybridized carbons (Fsp3) is 0.400. The van der Waals surface area contributed by atoms with Crippen LogP contribution in [0.4, 0.5) is 26.3 Å². The standard InChI is InChI=1S/C10H10F6S/c1-3-4-5-7(6-17)8(2,9(11,12)13)10(14,15)16/h3-6,17H,1H2,2H3/b5-4-,7-6+. The number of allylic oxidation sites excluding steroid dienone is 4. The van der Waals surface area contributed by atoms with E-state index >= 15 is 0 Å². The van der Waals surface area contributed by atoms with Crippen molar-refractivity contribution in [3.05, 3.63) is 35.8 Å². The molecule has 0 fully saturated rings. The van der Waals surface area contributed by atoms with Gasteiger partial charge in [-0.2, -0.15) is 39.0 Å². The van der Waals surface area contributed by atoms with Crippen molar-refractivity contribution in [3.63, 3.8) is 0 Å². The second kappa shape index (κ2) is 5.20. The molecule has 0 saturated heterocycles. The Balaban J connectivity index is 5.81. The molecule has 0 aromatic rings. The van der Waals surface area contributed by atoms with Gasteiger partial charge in [0.15, 0.2) is 5.41 Å². The van der Waals surface area contributed by atoms with Gasteiger partial charge in [0.2, 0.25) is 0 Å². The minimum atomic E-state index is -5.47. The van der Waals surface area contributed by atoms with E-state index in [0.717, 1.165) is 12.2 Å². The summed E-state index contributed by atoms with van der Waals surface area (Å²) >= 11 is 3.40. The molecule has 0 radical (unpaired) electrons. The first-order valence-corrected chi connectivity index (χ1v) is 4.81. The van der Waals surface area contributed by atoms with Crippen LogP contribution in [0, 0.1) is 5.41 Å². The van der Waals surface area contributed by atoms with Crippen LogP contribution in [0.3, 0.4) is 0 Å². The fourth-order valence-electron chi connectivity index (χ4n) is 0.999. The first kappa shape index (κ1) is 16.1. The van der Waals surface area contributed by atoms with Crippen LogP contribution < -0.4 is 0 Å². The molecular formula is C10H10F6S. The smallest absolute Gasteiger partial charge is 0.170 e. The van der Waals surface area contributed by atoms with Crippen molar-refractivity contribution in [3.8, 4) is 0 Å². The average molecular weight is 276 g/mol. The quantitative estimate of drug-likeness (QED) is 0.432. The van der Waals surface area contributed by atoms with Crippen molar-refractivity contribution < 1.29 is 26.3 Å². The fourth-order valence-corrected chi connectivity index (χ4v) is 1.34. The van der Waals surface area contributed by atoms with Gasteiger partial charge in [-0.05, 0) is 17.9 Å². The highest BCUT2D eigenvalue weighted by Gasteiger charge is 2.68. The van der Waals surface area contributed by atoms with Crippen LogP contribution >= 0.6 is 12.6 Å². The predicted molar refractivity (Wildman–Crippen MR) is 56.6 cm³/mol. The summed E-state index contributed by atoms with van der Waals surface area (Å²) in [5.41, 5.74) is -4.96. The molecule has 17 heavy (non-hydrogen) atoms. The minimum Gasteiger partial charge on any atom is -0.170 e. The number of hydrogen-bond acceptors (Lipinski definition) is 1. The Morgan fingerprint density at radius 1 is 1.06 bits per heavy atom. The second-order valence-corrected chi connectivity index (χ2v) is 3.56. The summed E-state index contributed by atoms with van der Waals surface area (Å²) in [6.45, 7) is 3.24. The Hall–Kier alpha value is -0.850. The summed E-state index contributed by atoms with van der Waals surface area (Å²) in [5, 5.41) is 0.487. The van der Waals surface area contributed by atoms with Gasteiger partial charge in [-0.3, -0.25) is 0 Å². The van der Waals surface area contributed by atoms with Crippen LogP contribution in [0.2, 0.25) is 0 Å². The second-order valence-electron chi connectivity index (χ2n) is 3.30. The van der Waals surface area contributed by atoms with E-state index in [4.69, 9.17) is 0 Å². The monoisotopic (exact) mass is 276 g/mol. The molecule has 0 atom stereocenters. The molecule has 0 heterocycles. The highest BCUT2D eigenvalue weighted by atomic mass is 32.1. The Morgan fingerprint density at radius 2 is 1.47 bits per heavy atom. The lowest BCUT2D eigenvalue weighted by Gasteiger charge is -2.34. The maximum absolute atomic E-state index is 12.6. The van der Waals surface area contributed by atoms with Crippen LogP contribution in [0.5, 0.6) is 0 Å². The van der Waals surface area contributed by atoms with E-state index in [-0.39, 0.29) is 6.92 Å². The molecule has 0 aliphatic rings. The molecular weight excluding hydrogens is 266 g/mol. The zero-order chi connectivity index (χ0) is 13.9. The number of hydrogen-bond donors (Lipinski definition) is 1. The SMILES string of the molecule is C=C/C=C\C(=C/S)C(C)(C(F)(F)F)C(F)(F)F. The average Bonchev–Trinajstić information content (AvgIpc) is 2.15. The Bertz CT molecular complexity index is 320. The molecule has 0 aliphatic heterocycles. The molecule has 0 nitrogen and oxygen atoms in total. The van der Waals surface area contributed by atoms with Gasteiger partial charge in [0.1, 0.15) is 0 Å². The van der Waals surface area contributed by atoms with Gasteiger partial charge >= 0.3 is 12.4 Å². The molecule has 0 aromatic heterocycles. The molecule has 0 unspecified atom stereocenters. The number of thiol groups is 1. The van der Waals surface area contributed by atoms with Crippen molar-refractivity contribution >= 4 is 12.6 Å². The summed E-state index contributed by atoms with van der Waals surface area (Å²) in [6.07, 6.45) is -8.19. The third-order valence-electron chi connectivity index (χ3n) is 2.26. The van der Waals surface area contributed by atoms with E-state index in [1.165, 1.54) is 0 Å². The summed E-state index contributed by atoms with van der Waals surface area (Å²) in [4.78, 5) is 0. The molecule has 7 heteroatoms. The van der Waals surface area contributed by atoms with Crippen LogP contribution in [0.15, 0.2) is 35.8 Å². The largest absolute Gasteiger partial charge is 0.406 e. The number of alkyl halides is 6. The van der Waals surface area contributed by atoms with Gasteiger partial charge in [0, 0.05) is 0 Å². The third-order valence-corrected chi connectivity index (χ3v) is 2.54. The van der Waals surface area contributed by atoms with Gasteiger partial charge < -0.3 is 0 Å². The highest BCUT2D eigenvalue weighted by molar-refractivity contribution is 7.83. The normalized spacial score (nSPS) is 15.4. The van der Waals surface area contributed by atoms with Crippen molar-refractivity contribution in [2.24, 2.45) is 5.41 Å². The number of halogens is 6. The summed E-state index contributed by atoms with van der Waals surface area (Å²) < 4.78 is 75.7. The van der Waals surface area contributed by atoms with Gasteiger partial charge in [-0.1, -0.05) is 24.8 Å². The molecule has 98 valence electrons. The molecule has 0 spiro atoms. The van der Waals surface area contributed by atoms with Gasteiger partial charge in [-0.15, -0.1) is 0 Å². The molecule has 0 N–H and O–H groups in total. The lowest BCUT2D eigenvalue weighted by Crippen LogP contribution is -2.48. The van der Waals surface area contributed by atoms with Gasteiger partial charge in [0.25, 0.3) is 0 Å². The van der Waals surface area contributed by atoms with Crippen molar-refractivity contribution in [2.75, 3.05) is 0 Å². The van der Waals surface area contributed by atoms with Crippen LogP contribution in [-0.2, 0) is 0 Å². The van der Waals surface area contributed by atoms with Crippen molar-refractivity contribution in [1.29, 1.82) is 0 Å². The van der Waals surface area contributed by atoms with E-state index in [0.29, 0.717) is 11.5 Å². The Morgan fingerprint density at radius 3 is 1.71 bits per heavy atom. The molecule has 0 rings (SSSR count). The molecule has 0 aliphatic carbocycles.